The molecule has 0 fully saturated rings. The molecule has 0 saturated carbocycles. The van der Waals surface area contributed by atoms with Crippen molar-refractivity contribution in [3.05, 3.63) is 11.7 Å². The van der Waals surface area contributed by atoms with Crippen molar-refractivity contribution in [2.24, 2.45) is 0 Å². The van der Waals surface area contributed by atoms with Crippen molar-refractivity contribution in [2.75, 3.05) is 13.6 Å². The number of nitrogens with zero attached hydrogens (tertiary/aromatic N) is 1. The van der Waals surface area contributed by atoms with E-state index in [0.717, 1.165) is 13.0 Å². The molecule has 63 valence electrons. The van der Waals surface area contributed by atoms with E-state index in [1.54, 1.807) is 0 Å². The molecule has 0 amide bonds. The molecule has 9 heavy (non-hydrogen) atoms. The zero-order valence-electron chi connectivity index (χ0n) is 5.67. The number of thiol groups is 2. The van der Waals surface area contributed by atoms with Gasteiger partial charge in [0.25, 0.3) is 0 Å². The van der Waals surface area contributed by atoms with E-state index in [0.29, 0.717) is 0 Å². The standard InChI is InChI=1S/C5H11N.Ir.2H2S/c1-3-4-5-6-2;;;/h3H,4-5H2,1-2H3;;2*1H2/q-2;;;/p-2. The van der Waals surface area contributed by atoms with E-state index in [2.05, 4.69) is 11.7 Å². The zero-order valence-corrected chi connectivity index (χ0v) is 9.85. The molecule has 0 aromatic rings. The third kappa shape index (κ3) is 26.8. The maximum absolute atomic E-state index is 3.89. The molecule has 0 aromatic carbocycles. The van der Waals surface area contributed by atoms with Gasteiger partial charge in [-0.2, -0.15) is 26.9 Å². The van der Waals surface area contributed by atoms with Crippen LogP contribution in [0.15, 0.2) is 0 Å². The van der Waals surface area contributed by atoms with Crippen LogP contribution < -0.4 is 0 Å². The average molecular weight is 344 g/mol. The fourth-order valence-corrected chi connectivity index (χ4v) is 0.258. The van der Waals surface area contributed by atoms with Gasteiger partial charge in [-0.15, -0.1) is 0 Å². The van der Waals surface area contributed by atoms with Gasteiger partial charge in [0.05, 0.1) is 0 Å². The molecule has 0 aliphatic carbocycles. The van der Waals surface area contributed by atoms with Crippen molar-refractivity contribution in [3.8, 4) is 0 Å². The molecule has 4 heteroatoms. The third-order valence-corrected chi connectivity index (χ3v) is 0.641. The minimum atomic E-state index is 0. The molecule has 0 rings (SSSR count). The summed E-state index contributed by atoms with van der Waals surface area (Å²) in [6.07, 6.45) is 3.24. The van der Waals surface area contributed by atoms with Crippen LogP contribution in [0.1, 0.15) is 13.3 Å². The van der Waals surface area contributed by atoms with Gasteiger partial charge in [0.2, 0.25) is 0 Å². The molecule has 0 aromatic heterocycles. The van der Waals surface area contributed by atoms with E-state index < -0.39 is 0 Å². The molecule has 1 nitrogen and oxygen atoms in total. The van der Waals surface area contributed by atoms with Gasteiger partial charge in [-0.3, -0.25) is 0 Å². The molecule has 1 radical (unpaired) electrons. The van der Waals surface area contributed by atoms with Gasteiger partial charge in [0.1, 0.15) is 0 Å². The molecule has 0 atom stereocenters. The van der Waals surface area contributed by atoms with Crippen LogP contribution in [0.2, 0.25) is 0 Å². The smallest absolute Gasteiger partial charge is 0 e. The first-order valence-corrected chi connectivity index (χ1v) is 2.25. The summed E-state index contributed by atoms with van der Waals surface area (Å²) in [5, 5.41) is 3.89. The van der Waals surface area contributed by atoms with E-state index in [4.69, 9.17) is 0 Å². The number of unbranched alkanes of at least 4 members (excludes halogenated alkanes) is 1. The van der Waals surface area contributed by atoms with Crippen molar-refractivity contribution in [1.29, 1.82) is 0 Å². The van der Waals surface area contributed by atoms with Crippen LogP contribution in [-0.2, 0) is 47.1 Å². The van der Waals surface area contributed by atoms with Crippen molar-refractivity contribution in [3.63, 3.8) is 0 Å². The Morgan fingerprint density at radius 3 is 1.89 bits per heavy atom. The number of hydrogen-bond donors (Lipinski definition) is 0. The van der Waals surface area contributed by atoms with Crippen LogP contribution in [-0.4, -0.2) is 13.6 Å². The summed E-state index contributed by atoms with van der Waals surface area (Å²) in [4.78, 5) is 0. The summed E-state index contributed by atoms with van der Waals surface area (Å²) in [7, 11) is 1.84. The monoisotopic (exact) mass is 344 g/mol. The molecule has 0 N–H and O–H groups in total. The predicted octanol–water partition coefficient (Wildman–Crippen LogP) is 1.06. The Morgan fingerprint density at radius 1 is 1.33 bits per heavy atom. The van der Waals surface area contributed by atoms with E-state index in [9.17, 15) is 0 Å². The Morgan fingerprint density at radius 2 is 1.78 bits per heavy atom. The second-order valence-corrected chi connectivity index (χ2v) is 1.24. The van der Waals surface area contributed by atoms with Crippen LogP contribution in [0.5, 0.6) is 0 Å². The molecule has 0 bridgehead atoms. The van der Waals surface area contributed by atoms with E-state index in [-0.39, 0.29) is 47.1 Å². The van der Waals surface area contributed by atoms with E-state index in [1.807, 2.05) is 14.0 Å². The van der Waals surface area contributed by atoms with Crippen LogP contribution >= 0.6 is 0 Å². The minimum Gasteiger partial charge on any atom is -0.813 e. The molecule has 0 unspecified atom stereocenters. The summed E-state index contributed by atoms with van der Waals surface area (Å²) in [5.74, 6) is 0. The molecular formula is C5H13IrNS2-4. The molecule has 0 saturated heterocycles. The first-order chi connectivity index (χ1) is 2.91. The van der Waals surface area contributed by atoms with Crippen molar-refractivity contribution in [2.45, 2.75) is 13.3 Å². The predicted molar refractivity (Wildman–Crippen MR) is 46.3 cm³/mol. The summed E-state index contributed by atoms with van der Waals surface area (Å²) < 4.78 is 0. The van der Waals surface area contributed by atoms with Crippen LogP contribution in [0.25, 0.3) is 5.32 Å². The summed E-state index contributed by atoms with van der Waals surface area (Å²) in [6.45, 7) is 3.03. The average Bonchev–Trinajstić information content (AvgIpc) is 1.61. The molecule has 0 heterocycles. The Kier molecular flexibility index (Phi) is 56.9. The van der Waals surface area contributed by atoms with Crippen molar-refractivity contribution >= 4 is 27.0 Å². The molecule has 0 aliphatic heterocycles. The van der Waals surface area contributed by atoms with Gasteiger partial charge in [-0.1, -0.05) is 0 Å². The minimum absolute atomic E-state index is 0. The number of hydrogen-bond acceptors (Lipinski definition) is 2. The fourth-order valence-electron chi connectivity index (χ4n) is 0.258. The van der Waals surface area contributed by atoms with Gasteiger partial charge in [-0.05, 0) is 0 Å². The zero-order chi connectivity index (χ0) is 4.83. The van der Waals surface area contributed by atoms with Gasteiger partial charge in [0, 0.05) is 20.1 Å². The Hall–Kier alpha value is 1.31. The van der Waals surface area contributed by atoms with Crippen LogP contribution in [0.4, 0.5) is 0 Å². The topological polar surface area (TPSA) is 14.1 Å². The van der Waals surface area contributed by atoms with Gasteiger partial charge < -0.3 is 38.7 Å². The Bertz CT molecular complexity index is 26.9. The van der Waals surface area contributed by atoms with Crippen LogP contribution in [0.3, 0.4) is 0 Å². The maximum atomic E-state index is 3.89. The quantitative estimate of drug-likeness (QED) is 0.329. The van der Waals surface area contributed by atoms with E-state index in [1.165, 1.54) is 0 Å². The SMILES string of the molecule is C[CH-]CC[N-]C.[Ir].[SH-].[SH-]. The van der Waals surface area contributed by atoms with Crippen molar-refractivity contribution in [1.82, 2.24) is 0 Å². The summed E-state index contributed by atoms with van der Waals surface area (Å²) >= 11 is 0. The summed E-state index contributed by atoms with van der Waals surface area (Å²) in [6, 6.07) is 0. The molecule has 0 spiro atoms. The van der Waals surface area contributed by atoms with Crippen LogP contribution in [0, 0.1) is 6.42 Å². The van der Waals surface area contributed by atoms with Gasteiger partial charge in [-0.25, -0.2) is 0 Å². The maximum Gasteiger partial charge on any atom is 0 e. The summed E-state index contributed by atoms with van der Waals surface area (Å²) in [5.41, 5.74) is 0. The normalized spacial score (nSPS) is 6.00. The molecule has 0 aliphatic rings. The Labute approximate surface area is 85.6 Å². The molecular weight excluding hydrogens is 330 g/mol. The van der Waals surface area contributed by atoms with Gasteiger partial charge >= 0.3 is 0 Å². The Balaban J connectivity index is -0.0000000417. The second-order valence-electron chi connectivity index (χ2n) is 1.24. The third-order valence-electron chi connectivity index (χ3n) is 0.641. The van der Waals surface area contributed by atoms with Gasteiger partial charge in [0.15, 0.2) is 0 Å². The fraction of sp³-hybridized carbons (Fsp3) is 0.800. The number of rotatable bonds is 3. The van der Waals surface area contributed by atoms with E-state index >= 15 is 0 Å². The second kappa shape index (κ2) is 22.8. The van der Waals surface area contributed by atoms with Crippen molar-refractivity contribution < 1.29 is 20.1 Å². The largest absolute Gasteiger partial charge is 0.813 e. The first kappa shape index (κ1) is 22.4. The first-order valence-electron chi connectivity index (χ1n) is 2.25.